The number of nitrogens with one attached hydrogen (secondary N) is 1. The van der Waals surface area contributed by atoms with Crippen LogP contribution in [-0.4, -0.2) is 33.7 Å². The fourth-order valence-corrected chi connectivity index (χ4v) is 3.40. The van der Waals surface area contributed by atoms with Gasteiger partial charge in [0.05, 0.1) is 31.4 Å². The molecule has 0 aliphatic rings. The summed E-state index contributed by atoms with van der Waals surface area (Å²) in [4.78, 5) is 11.9. The minimum absolute atomic E-state index is 0.151. The molecule has 2 rings (SSSR count). The fraction of sp³-hybridized carbons (Fsp3) is 0.389. The number of anilines is 1. The normalized spacial score (nSPS) is 11.2. The second-order valence-corrected chi connectivity index (χ2v) is 7.63. The van der Waals surface area contributed by atoms with Gasteiger partial charge in [-0.1, -0.05) is 0 Å². The molecule has 0 fully saturated rings. The van der Waals surface area contributed by atoms with Crippen LogP contribution in [0.25, 0.3) is 0 Å². The highest BCUT2D eigenvalue weighted by Crippen LogP contribution is 2.22. The van der Waals surface area contributed by atoms with Gasteiger partial charge in [0.25, 0.3) is 0 Å². The van der Waals surface area contributed by atoms with E-state index in [4.69, 9.17) is 9.15 Å². The van der Waals surface area contributed by atoms with Crippen LogP contribution in [0.3, 0.4) is 0 Å². The van der Waals surface area contributed by atoms with Crippen molar-refractivity contribution in [2.24, 2.45) is 0 Å². The van der Waals surface area contributed by atoms with E-state index >= 15 is 0 Å². The van der Waals surface area contributed by atoms with Crippen LogP contribution in [0.2, 0.25) is 0 Å². The number of hydrogen-bond donors (Lipinski definition) is 1. The Labute approximate surface area is 154 Å². The predicted molar refractivity (Wildman–Crippen MR) is 99.6 cm³/mol. The van der Waals surface area contributed by atoms with E-state index < -0.39 is 10.0 Å². The molecule has 2 aromatic rings. The van der Waals surface area contributed by atoms with Gasteiger partial charge in [-0.3, -0.25) is 9.10 Å². The van der Waals surface area contributed by atoms with Gasteiger partial charge in [0.15, 0.2) is 0 Å². The number of furan rings is 1. The average Bonchev–Trinajstić information content (AvgIpc) is 3.11. The number of amides is 1. The topological polar surface area (TPSA) is 88.8 Å². The highest BCUT2D eigenvalue weighted by Gasteiger charge is 2.17. The Kier molecular flexibility index (Phi) is 7.08. The second kappa shape index (κ2) is 9.28. The van der Waals surface area contributed by atoms with Crippen molar-refractivity contribution in [1.82, 2.24) is 5.32 Å². The van der Waals surface area contributed by atoms with Crippen molar-refractivity contribution >= 4 is 21.6 Å². The van der Waals surface area contributed by atoms with Crippen molar-refractivity contribution in [1.29, 1.82) is 0 Å². The van der Waals surface area contributed by atoms with Crippen LogP contribution in [0.4, 0.5) is 5.69 Å². The summed E-state index contributed by atoms with van der Waals surface area (Å²) in [5.74, 6) is 1.20. The number of ether oxygens (including phenoxy) is 1. The lowest BCUT2D eigenvalue weighted by molar-refractivity contribution is -0.121. The smallest absolute Gasteiger partial charge is 0.232 e. The third kappa shape index (κ3) is 6.11. The molecule has 1 aromatic carbocycles. The number of carbonyl (C=O) groups excluding carboxylic acids is 1. The summed E-state index contributed by atoms with van der Waals surface area (Å²) < 4.78 is 36.0. The number of hydrogen-bond acceptors (Lipinski definition) is 5. The van der Waals surface area contributed by atoms with Crippen LogP contribution in [0, 0.1) is 0 Å². The molecule has 0 unspecified atom stereocenters. The Bertz CT molecular complexity index is 785. The van der Waals surface area contributed by atoms with E-state index in [0.29, 0.717) is 36.8 Å². The molecule has 0 saturated heterocycles. The molecule has 1 aromatic heterocycles. The standard InChI is InChI=1S/C18H24N2O5S/c1-3-24-16-10-8-15(9-11-16)20(26(2,22)23)12-4-7-18(21)19-14-17-6-5-13-25-17/h5-6,8-11,13H,3-4,7,12,14H2,1-2H3,(H,19,21). The van der Waals surface area contributed by atoms with Crippen molar-refractivity contribution in [3.63, 3.8) is 0 Å². The molecule has 0 bridgehead atoms. The van der Waals surface area contributed by atoms with Gasteiger partial charge in [-0.15, -0.1) is 0 Å². The minimum Gasteiger partial charge on any atom is -0.494 e. The Balaban J connectivity index is 1.88. The van der Waals surface area contributed by atoms with E-state index in [1.165, 1.54) is 4.31 Å². The zero-order chi connectivity index (χ0) is 19.0. The van der Waals surface area contributed by atoms with E-state index in [1.54, 1.807) is 42.7 Å². The lowest BCUT2D eigenvalue weighted by Crippen LogP contribution is -2.32. The summed E-state index contributed by atoms with van der Waals surface area (Å²) in [5.41, 5.74) is 0.548. The highest BCUT2D eigenvalue weighted by molar-refractivity contribution is 7.92. The summed E-state index contributed by atoms with van der Waals surface area (Å²) in [6, 6.07) is 10.4. The lowest BCUT2D eigenvalue weighted by atomic mass is 10.2. The Morgan fingerprint density at radius 2 is 1.96 bits per heavy atom. The van der Waals surface area contributed by atoms with Crippen molar-refractivity contribution in [2.45, 2.75) is 26.3 Å². The van der Waals surface area contributed by atoms with Crippen molar-refractivity contribution in [2.75, 3.05) is 23.7 Å². The molecule has 0 spiro atoms. The van der Waals surface area contributed by atoms with Gasteiger partial charge in [0.2, 0.25) is 15.9 Å². The average molecular weight is 380 g/mol. The van der Waals surface area contributed by atoms with Crippen LogP contribution in [0.1, 0.15) is 25.5 Å². The maximum Gasteiger partial charge on any atom is 0.232 e. The molecule has 1 heterocycles. The SMILES string of the molecule is CCOc1ccc(N(CCCC(=O)NCc2ccco2)S(C)(=O)=O)cc1. The van der Waals surface area contributed by atoms with Gasteiger partial charge < -0.3 is 14.5 Å². The van der Waals surface area contributed by atoms with Crippen molar-refractivity contribution < 1.29 is 22.4 Å². The number of benzene rings is 1. The number of sulfonamides is 1. The van der Waals surface area contributed by atoms with Gasteiger partial charge in [-0.25, -0.2) is 8.42 Å². The molecule has 1 N–H and O–H groups in total. The Morgan fingerprint density at radius 3 is 2.54 bits per heavy atom. The first-order valence-corrected chi connectivity index (χ1v) is 10.2. The van der Waals surface area contributed by atoms with Gasteiger partial charge >= 0.3 is 0 Å². The van der Waals surface area contributed by atoms with Crippen molar-refractivity contribution in [3.05, 3.63) is 48.4 Å². The van der Waals surface area contributed by atoms with Gasteiger partial charge in [0, 0.05) is 13.0 Å². The first-order chi connectivity index (χ1) is 12.4. The Morgan fingerprint density at radius 1 is 1.23 bits per heavy atom. The van der Waals surface area contributed by atoms with E-state index in [2.05, 4.69) is 5.32 Å². The van der Waals surface area contributed by atoms with Crippen LogP contribution >= 0.6 is 0 Å². The third-order valence-corrected chi connectivity index (χ3v) is 4.84. The van der Waals surface area contributed by atoms with Crippen molar-refractivity contribution in [3.8, 4) is 5.75 Å². The van der Waals surface area contributed by atoms with Gasteiger partial charge in [-0.2, -0.15) is 0 Å². The molecular weight excluding hydrogens is 356 g/mol. The molecule has 7 nitrogen and oxygen atoms in total. The maximum absolute atomic E-state index is 12.1. The maximum atomic E-state index is 12.1. The molecule has 0 saturated carbocycles. The number of nitrogens with zero attached hydrogens (tertiary/aromatic N) is 1. The zero-order valence-corrected chi connectivity index (χ0v) is 15.8. The molecule has 1 amide bonds. The molecule has 26 heavy (non-hydrogen) atoms. The number of carbonyl (C=O) groups is 1. The molecule has 8 heteroatoms. The third-order valence-electron chi connectivity index (χ3n) is 3.64. The van der Waals surface area contributed by atoms with E-state index in [1.807, 2.05) is 6.92 Å². The molecule has 142 valence electrons. The predicted octanol–water partition coefficient (Wildman–Crippen LogP) is 2.54. The summed E-state index contributed by atoms with van der Waals surface area (Å²) >= 11 is 0. The monoisotopic (exact) mass is 380 g/mol. The highest BCUT2D eigenvalue weighted by atomic mass is 32.2. The second-order valence-electron chi connectivity index (χ2n) is 5.72. The first kappa shape index (κ1) is 19.8. The summed E-state index contributed by atoms with van der Waals surface area (Å²) in [7, 11) is -3.44. The molecule has 0 aliphatic carbocycles. The van der Waals surface area contributed by atoms with Gasteiger partial charge in [0.1, 0.15) is 11.5 Å². The molecule has 0 aliphatic heterocycles. The van der Waals surface area contributed by atoms with Crippen LogP contribution < -0.4 is 14.4 Å². The van der Waals surface area contributed by atoms with E-state index in [9.17, 15) is 13.2 Å². The first-order valence-electron chi connectivity index (χ1n) is 8.40. The van der Waals surface area contributed by atoms with Crippen LogP contribution in [0.15, 0.2) is 47.1 Å². The summed E-state index contributed by atoms with van der Waals surface area (Å²) in [6.07, 6.45) is 3.33. The summed E-state index contributed by atoms with van der Waals surface area (Å²) in [6.45, 7) is 2.97. The number of rotatable bonds is 10. The van der Waals surface area contributed by atoms with Gasteiger partial charge in [-0.05, 0) is 49.7 Å². The van der Waals surface area contributed by atoms with Crippen LogP contribution in [0.5, 0.6) is 5.75 Å². The minimum atomic E-state index is -3.44. The molecule has 0 radical (unpaired) electrons. The largest absolute Gasteiger partial charge is 0.494 e. The lowest BCUT2D eigenvalue weighted by Gasteiger charge is -2.22. The molecule has 0 atom stereocenters. The Hall–Kier alpha value is -2.48. The van der Waals surface area contributed by atoms with E-state index in [-0.39, 0.29) is 18.9 Å². The fourth-order valence-electron chi connectivity index (χ4n) is 2.43. The van der Waals surface area contributed by atoms with Crippen LogP contribution in [-0.2, 0) is 21.4 Å². The molecular formula is C18H24N2O5S. The van der Waals surface area contributed by atoms with E-state index in [0.717, 1.165) is 6.26 Å². The summed E-state index contributed by atoms with van der Waals surface area (Å²) in [5, 5.41) is 2.74. The zero-order valence-electron chi connectivity index (χ0n) is 15.0. The quantitative estimate of drug-likeness (QED) is 0.684.